The fraction of sp³-hybridized carbons (Fsp3) is 0.800. The van der Waals surface area contributed by atoms with Crippen LogP contribution in [0.1, 0.15) is 0 Å². The number of primary amides is 1. The molecule has 0 atom stereocenters. The van der Waals surface area contributed by atoms with Crippen LogP contribution in [-0.2, 0) is 10.5 Å². The molecule has 1 saturated heterocycles. The molecule has 2 amide bonds. The van der Waals surface area contributed by atoms with Gasteiger partial charge in [-0.1, -0.05) is 4.36 Å². The summed E-state index contributed by atoms with van der Waals surface area (Å²) in [7, 11) is -2.70. The predicted molar refractivity (Wildman–Crippen MR) is 46.7 cm³/mol. The second-order valence-electron chi connectivity index (χ2n) is 2.15. The number of carbonyl (C=O) groups excluding carboxylic acids is 1. The summed E-state index contributed by atoms with van der Waals surface area (Å²) in [6.07, 6.45) is 0. The summed E-state index contributed by atoms with van der Waals surface area (Å²) in [5.74, 6) is 0. The molecule has 1 heterocycles. The van der Waals surface area contributed by atoms with Gasteiger partial charge in [0.25, 0.3) is 0 Å². The monoisotopic (exact) mass is 208 g/mol. The van der Waals surface area contributed by atoms with Crippen molar-refractivity contribution in [2.24, 2.45) is 10.1 Å². The Labute approximate surface area is 77.4 Å². The van der Waals surface area contributed by atoms with E-state index in [2.05, 4.69) is 20.7 Å². The van der Waals surface area contributed by atoms with Gasteiger partial charge in [-0.25, -0.2) is 4.79 Å². The zero-order valence-corrected chi connectivity index (χ0v) is 7.80. The van der Waals surface area contributed by atoms with Gasteiger partial charge >= 0.3 is 16.5 Å². The molecule has 1 aliphatic rings. The van der Waals surface area contributed by atoms with Crippen LogP contribution in [0.3, 0.4) is 0 Å². The highest BCUT2D eigenvalue weighted by Gasteiger charge is 1.91. The van der Waals surface area contributed by atoms with E-state index in [9.17, 15) is 13.2 Å². The fourth-order valence-corrected chi connectivity index (χ4v) is 0.824. The van der Waals surface area contributed by atoms with E-state index in [4.69, 9.17) is 0 Å². The Kier molecular flexibility index (Phi) is 7.07. The molecule has 0 aromatic rings. The van der Waals surface area contributed by atoms with Crippen molar-refractivity contribution in [2.45, 2.75) is 0 Å². The van der Waals surface area contributed by atoms with Gasteiger partial charge in [-0.3, -0.25) is 0 Å². The Balaban J connectivity index is 0.000000223. The van der Waals surface area contributed by atoms with Crippen LogP contribution >= 0.6 is 0 Å². The second-order valence-corrected chi connectivity index (χ2v) is 2.76. The van der Waals surface area contributed by atoms with E-state index in [1.54, 1.807) is 0 Å². The Bertz CT molecular complexity index is 250. The van der Waals surface area contributed by atoms with Crippen LogP contribution in [0.15, 0.2) is 4.36 Å². The van der Waals surface area contributed by atoms with E-state index >= 15 is 0 Å². The molecule has 7 nitrogen and oxygen atoms in total. The van der Waals surface area contributed by atoms with Crippen molar-refractivity contribution in [3.63, 3.8) is 0 Å². The van der Waals surface area contributed by atoms with E-state index in [1.165, 1.54) is 0 Å². The number of carbonyl (C=O) groups is 1. The molecule has 0 aromatic carbocycles. The Morgan fingerprint density at radius 3 is 1.62 bits per heavy atom. The molecular formula is C5H12N4O3S. The molecule has 0 unspecified atom stereocenters. The van der Waals surface area contributed by atoms with E-state index < -0.39 is 16.5 Å². The number of nitrogens with two attached hydrogens (primary N) is 1. The zero-order valence-electron chi connectivity index (χ0n) is 6.99. The SMILES string of the molecule is C1CNCCN1.NC(=O)N=S(=O)=O. The van der Waals surface area contributed by atoms with Crippen LogP contribution in [0.2, 0.25) is 0 Å². The molecule has 0 bridgehead atoms. The minimum atomic E-state index is -2.70. The maximum absolute atomic E-state index is 9.47. The average molecular weight is 208 g/mol. The van der Waals surface area contributed by atoms with E-state index in [1.807, 2.05) is 0 Å². The summed E-state index contributed by atoms with van der Waals surface area (Å²) in [5.41, 5.74) is 4.29. The van der Waals surface area contributed by atoms with Gasteiger partial charge in [-0.15, -0.1) is 0 Å². The number of hydrogen-bond donors (Lipinski definition) is 3. The smallest absolute Gasteiger partial charge is 0.349 e. The summed E-state index contributed by atoms with van der Waals surface area (Å²) in [5, 5.41) is 6.44. The molecule has 0 spiro atoms. The van der Waals surface area contributed by atoms with E-state index in [0.29, 0.717) is 0 Å². The first kappa shape index (κ1) is 12.0. The second kappa shape index (κ2) is 7.65. The summed E-state index contributed by atoms with van der Waals surface area (Å²) in [6, 6.07) is -1.20. The predicted octanol–water partition coefficient (Wildman–Crippen LogP) is -1.69. The summed E-state index contributed by atoms with van der Waals surface area (Å²) in [6.45, 7) is 4.56. The number of nitrogens with one attached hydrogen (secondary N) is 2. The highest BCUT2D eigenvalue weighted by Crippen LogP contribution is 1.65. The lowest BCUT2D eigenvalue weighted by molar-refractivity contribution is 0.257. The maximum atomic E-state index is 9.47. The van der Waals surface area contributed by atoms with Crippen LogP contribution in [0.25, 0.3) is 0 Å². The summed E-state index contributed by atoms with van der Waals surface area (Å²) < 4.78 is 21.0. The minimum absolute atomic E-state index is 1.14. The first-order valence-electron chi connectivity index (χ1n) is 3.65. The van der Waals surface area contributed by atoms with Gasteiger partial charge in [0, 0.05) is 26.2 Å². The van der Waals surface area contributed by atoms with Crippen molar-refractivity contribution in [1.82, 2.24) is 10.6 Å². The largest absolute Gasteiger partial charge is 0.353 e. The van der Waals surface area contributed by atoms with E-state index in [-0.39, 0.29) is 0 Å². The number of hydrogen-bond acceptors (Lipinski definition) is 5. The number of urea groups is 1. The molecule has 76 valence electrons. The molecule has 1 rings (SSSR count). The average Bonchev–Trinajstić information content (AvgIpc) is 2.06. The zero-order chi connectivity index (χ0) is 10.1. The topological polar surface area (TPSA) is 114 Å². The third-order valence-electron chi connectivity index (χ3n) is 1.12. The van der Waals surface area contributed by atoms with Gasteiger partial charge in [-0.05, 0) is 0 Å². The van der Waals surface area contributed by atoms with Crippen molar-refractivity contribution >= 4 is 16.5 Å². The van der Waals surface area contributed by atoms with Crippen molar-refractivity contribution < 1.29 is 13.2 Å². The number of nitrogens with zero attached hydrogens (tertiary/aromatic N) is 1. The van der Waals surface area contributed by atoms with Crippen LogP contribution in [0.4, 0.5) is 4.79 Å². The summed E-state index contributed by atoms with van der Waals surface area (Å²) in [4.78, 5) is 9.47. The molecule has 1 fully saturated rings. The van der Waals surface area contributed by atoms with Gasteiger partial charge in [0.1, 0.15) is 0 Å². The number of amides is 2. The molecule has 13 heavy (non-hydrogen) atoms. The standard InChI is InChI=1S/C4H10N2.CH2N2O3S/c1-2-6-4-3-5-1;2-1(4)3-7(5)6/h5-6H,1-4H2;(H2,2,4). The molecule has 0 saturated carbocycles. The van der Waals surface area contributed by atoms with Crippen LogP contribution in [0.5, 0.6) is 0 Å². The normalized spacial score (nSPS) is 15.1. The molecule has 1 aliphatic heterocycles. The minimum Gasteiger partial charge on any atom is -0.349 e. The Morgan fingerprint density at radius 2 is 1.54 bits per heavy atom. The van der Waals surface area contributed by atoms with Crippen LogP contribution < -0.4 is 16.4 Å². The van der Waals surface area contributed by atoms with Crippen LogP contribution in [0, 0.1) is 0 Å². The lowest BCUT2D eigenvalue weighted by Gasteiger charge is -2.11. The van der Waals surface area contributed by atoms with Gasteiger partial charge in [0.15, 0.2) is 0 Å². The summed E-state index contributed by atoms with van der Waals surface area (Å²) >= 11 is 0. The fourth-order valence-electron chi connectivity index (χ4n) is 0.677. The van der Waals surface area contributed by atoms with Crippen molar-refractivity contribution in [2.75, 3.05) is 26.2 Å². The first-order valence-corrected chi connectivity index (χ1v) is 4.68. The van der Waals surface area contributed by atoms with Crippen molar-refractivity contribution in [3.8, 4) is 0 Å². The van der Waals surface area contributed by atoms with Gasteiger partial charge in [0.05, 0.1) is 0 Å². The lowest BCUT2D eigenvalue weighted by atomic mass is 10.4. The molecule has 0 radical (unpaired) electrons. The Morgan fingerprint density at radius 1 is 1.15 bits per heavy atom. The van der Waals surface area contributed by atoms with Gasteiger partial charge < -0.3 is 16.4 Å². The lowest BCUT2D eigenvalue weighted by Crippen LogP contribution is -2.39. The highest BCUT2D eigenvalue weighted by atomic mass is 32.2. The van der Waals surface area contributed by atoms with E-state index in [0.717, 1.165) is 26.2 Å². The quantitative estimate of drug-likeness (QED) is 0.439. The molecular weight excluding hydrogens is 196 g/mol. The molecule has 0 aromatic heterocycles. The molecule has 0 aliphatic carbocycles. The van der Waals surface area contributed by atoms with Crippen molar-refractivity contribution in [1.29, 1.82) is 0 Å². The third kappa shape index (κ3) is 11.0. The van der Waals surface area contributed by atoms with Gasteiger partial charge in [0.2, 0.25) is 0 Å². The maximum Gasteiger partial charge on any atom is 0.353 e. The van der Waals surface area contributed by atoms with Crippen molar-refractivity contribution in [3.05, 3.63) is 0 Å². The third-order valence-corrected chi connectivity index (χ3v) is 1.45. The number of rotatable bonds is 0. The Hall–Kier alpha value is -0.990. The van der Waals surface area contributed by atoms with Crippen LogP contribution in [-0.4, -0.2) is 40.6 Å². The molecule has 8 heteroatoms. The molecule has 4 N–H and O–H groups in total. The van der Waals surface area contributed by atoms with Gasteiger partial charge in [-0.2, -0.15) is 8.42 Å². The number of piperazine rings is 1. The first-order chi connectivity index (χ1) is 6.13. The highest BCUT2D eigenvalue weighted by molar-refractivity contribution is 7.62.